The molecule has 1 amide bonds. The molecule has 2 aromatic rings. The summed E-state index contributed by atoms with van der Waals surface area (Å²) in [5.74, 6) is 0.415. The van der Waals surface area contributed by atoms with Crippen LogP contribution in [0.4, 0.5) is 5.69 Å². The molecular formula is C17H23N3OS. The smallest absolute Gasteiger partial charge is 0.251 e. The molecule has 0 atom stereocenters. The normalized spacial score (nSPS) is 10.8. The number of thiazole rings is 1. The molecule has 2 rings (SSSR count). The second-order valence-corrected chi connectivity index (χ2v) is 6.71. The highest BCUT2D eigenvalue weighted by Gasteiger charge is 2.08. The highest BCUT2D eigenvalue weighted by molar-refractivity contribution is 7.09. The van der Waals surface area contributed by atoms with Crippen molar-refractivity contribution in [2.24, 2.45) is 0 Å². The Balaban J connectivity index is 1.88. The first-order valence-electron chi connectivity index (χ1n) is 7.47. The molecule has 4 nitrogen and oxygen atoms in total. The van der Waals surface area contributed by atoms with Crippen molar-refractivity contribution in [1.29, 1.82) is 0 Å². The van der Waals surface area contributed by atoms with Crippen molar-refractivity contribution in [2.45, 2.75) is 26.2 Å². The monoisotopic (exact) mass is 317 g/mol. The van der Waals surface area contributed by atoms with Crippen molar-refractivity contribution in [3.8, 4) is 0 Å². The van der Waals surface area contributed by atoms with Crippen molar-refractivity contribution in [3.63, 3.8) is 0 Å². The van der Waals surface area contributed by atoms with E-state index >= 15 is 0 Å². The van der Waals surface area contributed by atoms with Crippen molar-refractivity contribution < 1.29 is 4.79 Å². The number of anilines is 1. The predicted molar refractivity (Wildman–Crippen MR) is 93.0 cm³/mol. The van der Waals surface area contributed by atoms with E-state index in [4.69, 9.17) is 0 Å². The topological polar surface area (TPSA) is 45.2 Å². The van der Waals surface area contributed by atoms with Crippen LogP contribution in [0.2, 0.25) is 0 Å². The molecule has 1 aromatic carbocycles. The van der Waals surface area contributed by atoms with Gasteiger partial charge in [0.2, 0.25) is 0 Å². The van der Waals surface area contributed by atoms with Gasteiger partial charge in [0, 0.05) is 43.7 Å². The van der Waals surface area contributed by atoms with Gasteiger partial charge in [-0.3, -0.25) is 4.79 Å². The minimum atomic E-state index is -0.0376. The maximum absolute atomic E-state index is 12.2. The van der Waals surface area contributed by atoms with E-state index in [2.05, 4.69) is 29.5 Å². The van der Waals surface area contributed by atoms with Gasteiger partial charge in [-0.25, -0.2) is 4.98 Å². The number of rotatable bonds is 6. The average Bonchev–Trinajstić information content (AvgIpc) is 2.96. The molecule has 22 heavy (non-hydrogen) atoms. The van der Waals surface area contributed by atoms with Gasteiger partial charge in [-0.2, -0.15) is 0 Å². The number of aromatic nitrogens is 1. The maximum Gasteiger partial charge on any atom is 0.251 e. The van der Waals surface area contributed by atoms with E-state index in [9.17, 15) is 4.79 Å². The maximum atomic E-state index is 12.2. The Morgan fingerprint density at radius 3 is 2.77 bits per heavy atom. The van der Waals surface area contributed by atoms with Gasteiger partial charge >= 0.3 is 0 Å². The molecular weight excluding hydrogens is 294 g/mol. The Bertz CT molecular complexity index is 634. The second kappa shape index (κ2) is 7.40. The molecule has 0 saturated heterocycles. The molecule has 1 heterocycles. The number of carbonyl (C=O) groups excluding carboxylic acids is 1. The van der Waals surface area contributed by atoms with Gasteiger partial charge in [0.05, 0.1) is 10.7 Å². The standard InChI is InChI=1S/C17H23N3OS/c1-12(2)15-11-22-16(19-15)8-9-18-17(21)13-6-5-7-14(10-13)20(3)4/h5-7,10-12H,8-9H2,1-4H3,(H,18,21). The van der Waals surface area contributed by atoms with Crippen LogP contribution in [0.15, 0.2) is 29.6 Å². The Morgan fingerprint density at radius 2 is 2.14 bits per heavy atom. The third kappa shape index (κ3) is 4.31. The fourth-order valence-corrected chi connectivity index (χ4v) is 2.98. The summed E-state index contributed by atoms with van der Waals surface area (Å²) in [6.45, 7) is 4.88. The quantitative estimate of drug-likeness (QED) is 0.889. The number of nitrogens with zero attached hydrogens (tertiary/aromatic N) is 2. The Morgan fingerprint density at radius 1 is 1.36 bits per heavy atom. The van der Waals surface area contributed by atoms with Gasteiger partial charge in [-0.05, 0) is 24.1 Å². The molecule has 0 fully saturated rings. The lowest BCUT2D eigenvalue weighted by Gasteiger charge is -2.13. The summed E-state index contributed by atoms with van der Waals surface area (Å²) < 4.78 is 0. The number of amides is 1. The minimum Gasteiger partial charge on any atom is -0.378 e. The third-order valence-corrected chi connectivity index (χ3v) is 4.34. The van der Waals surface area contributed by atoms with E-state index in [-0.39, 0.29) is 5.91 Å². The van der Waals surface area contributed by atoms with Crippen LogP contribution in [0, 0.1) is 0 Å². The third-order valence-electron chi connectivity index (χ3n) is 3.41. The number of benzene rings is 1. The van der Waals surface area contributed by atoms with Crippen molar-refractivity contribution in [3.05, 3.63) is 45.9 Å². The first-order valence-corrected chi connectivity index (χ1v) is 8.35. The lowest BCUT2D eigenvalue weighted by molar-refractivity contribution is 0.0954. The fourth-order valence-electron chi connectivity index (χ4n) is 2.02. The average molecular weight is 317 g/mol. The summed E-state index contributed by atoms with van der Waals surface area (Å²) >= 11 is 1.66. The van der Waals surface area contributed by atoms with Crippen LogP contribution >= 0.6 is 11.3 Å². The molecule has 1 aromatic heterocycles. The van der Waals surface area contributed by atoms with Crippen LogP contribution in [0.3, 0.4) is 0 Å². The molecule has 1 N–H and O–H groups in total. The molecule has 0 radical (unpaired) electrons. The van der Waals surface area contributed by atoms with Gasteiger partial charge in [0.15, 0.2) is 0 Å². The summed E-state index contributed by atoms with van der Waals surface area (Å²) in [4.78, 5) is 18.7. The SMILES string of the molecule is CC(C)c1csc(CCNC(=O)c2cccc(N(C)C)c2)n1. The lowest BCUT2D eigenvalue weighted by atomic mass is 10.1. The van der Waals surface area contributed by atoms with Crippen LogP contribution in [-0.4, -0.2) is 31.5 Å². The van der Waals surface area contributed by atoms with Crippen LogP contribution in [0.1, 0.15) is 40.8 Å². The molecule has 0 bridgehead atoms. The molecule has 0 spiro atoms. The Kier molecular flexibility index (Phi) is 5.55. The first-order chi connectivity index (χ1) is 10.5. The van der Waals surface area contributed by atoms with Crippen LogP contribution < -0.4 is 10.2 Å². The molecule has 0 unspecified atom stereocenters. The second-order valence-electron chi connectivity index (χ2n) is 5.77. The van der Waals surface area contributed by atoms with E-state index < -0.39 is 0 Å². The van der Waals surface area contributed by atoms with Gasteiger partial charge in [-0.1, -0.05) is 19.9 Å². The van der Waals surface area contributed by atoms with Crippen LogP contribution in [0.25, 0.3) is 0 Å². The zero-order valence-corrected chi connectivity index (χ0v) is 14.4. The summed E-state index contributed by atoms with van der Waals surface area (Å²) in [7, 11) is 3.93. The van der Waals surface area contributed by atoms with Gasteiger partial charge in [-0.15, -0.1) is 11.3 Å². The van der Waals surface area contributed by atoms with Gasteiger partial charge < -0.3 is 10.2 Å². The van der Waals surface area contributed by atoms with E-state index in [0.717, 1.165) is 22.8 Å². The molecule has 0 aliphatic rings. The van der Waals surface area contributed by atoms with E-state index in [0.29, 0.717) is 18.0 Å². The predicted octanol–water partition coefficient (Wildman–Crippen LogP) is 3.31. The number of carbonyl (C=O) groups is 1. The van der Waals surface area contributed by atoms with Crippen LogP contribution in [-0.2, 0) is 6.42 Å². The van der Waals surface area contributed by atoms with Crippen molar-refractivity contribution >= 4 is 22.9 Å². The van der Waals surface area contributed by atoms with Crippen molar-refractivity contribution in [1.82, 2.24) is 10.3 Å². The molecule has 5 heteroatoms. The van der Waals surface area contributed by atoms with Gasteiger partial charge in [0.25, 0.3) is 5.91 Å². The largest absolute Gasteiger partial charge is 0.378 e. The molecule has 0 aliphatic carbocycles. The number of nitrogens with one attached hydrogen (secondary N) is 1. The van der Waals surface area contributed by atoms with Gasteiger partial charge in [0.1, 0.15) is 0 Å². The molecule has 0 saturated carbocycles. The number of hydrogen-bond acceptors (Lipinski definition) is 4. The lowest BCUT2D eigenvalue weighted by Crippen LogP contribution is -2.26. The highest BCUT2D eigenvalue weighted by atomic mass is 32.1. The molecule has 0 aliphatic heterocycles. The van der Waals surface area contributed by atoms with Crippen LogP contribution in [0.5, 0.6) is 0 Å². The Labute approximate surface area is 136 Å². The Hall–Kier alpha value is -1.88. The van der Waals surface area contributed by atoms with E-state index in [1.165, 1.54) is 0 Å². The zero-order chi connectivity index (χ0) is 16.1. The van der Waals surface area contributed by atoms with E-state index in [1.807, 2.05) is 43.3 Å². The summed E-state index contributed by atoms with van der Waals surface area (Å²) in [5.41, 5.74) is 2.84. The number of hydrogen-bond donors (Lipinski definition) is 1. The molecule has 118 valence electrons. The fraction of sp³-hybridized carbons (Fsp3) is 0.412. The van der Waals surface area contributed by atoms with E-state index in [1.54, 1.807) is 11.3 Å². The minimum absolute atomic E-state index is 0.0376. The van der Waals surface area contributed by atoms with Crippen molar-refractivity contribution in [2.75, 3.05) is 25.5 Å². The summed E-state index contributed by atoms with van der Waals surface area (Å²) in [6, 6.07) is 7.62. The highest BCUT2D eigenvalue weighted by Crippen LogP contribution is 2.18. The zero-order valence-electron chi connectivity index (χ0n) is 13.6. The first kappa shape index (κ1) is 16.5. The summed E-state index contributed by atoms with van der Waals surface area (Å²) in [5, 5.41) is 6.14. The summed E-state index contributed by atoms with van der Waals surface area (Å²) in [6.07, 6.45) is 0.774.